The van der Waals surface area contributed by atoms with E-state index in [1.165, 1.54) is 32.4 Å². The van der Waals surface area contributed by atoms with E-state index in [-0.39, 0.29) is 12.6 Å². The van der Waals surface area contributed by atoms with Crippen LogP contribution in [0.25, 0.3) is 0 Å². The number of nitrogens with zero attached hydrogens (tertiary/aromatic N) is 1. The Hall–Kier alpha value is -0.120. The second kappa shape index (κ2) is 6.58. The van der Waals surface area contributed by atoms with Crippen molar-refractivity contribution in [1.29, 1.82) is 0 Å². The molecule has 0 saturated carbocycles. The highest BCUT2D eigenvalue weighted by molar-refractivity contribution is 4.89. The van der Waals surface area contributed by atoms with Crippen molar-refractivity contribution in [2.75, 3.05) is 32.8 Å². The SMILES string of the molecule is CCNC(CO)CN1CCC(CC)(CC)C1. The third-order valence-corrected chi connectivity index (χ3v) is 4.21. The number of likely N-dealkylation sites (tertiary alicyclic amines) is 1. The highest BCUT2D eigenvalue weighted by atomic mass is 16.3. The van der Waals surface area contributed by atoms with Crippen LogP contribution in [0.5, 0.6) is 0 Å². The van der Waals surface area contributed by atoms with E-state index in [1.807, 2.05) is 0 Å². The minimum atomic E-state index is 0.245. The predicted molar refractivity (Wildman–Crippen MR) is 68.6 cm³/mol. The molecule has 16 heavy (non-hydrogen) atoms. The molecule has 0 bridgehead atoms. The van der Waals surface area contributed by atoms with Crippen molar-refractivity contribution in [3.63, 3.8) is 0 Å². The lowest BCUT2D eigenvalue weighted by Gasteiger charge is -2.28. The van der Waals surface area contributed by atoms with Crippen LogP contribution in [0.2, 0.25) is 0 Å². The van der Waals surface area contributed by atoms with Crippen LogP contribution >= 0.6 is 0 Å². The minimum absolute atomic E-state index is 0.245. The standard InChI is InChI=1S/C13H28N2O/c1-4-13(5-2)7-8-15(11-13)9-12(10-16)14-6-3/h12,14,16H,4-11H2,1-3H3. The Morgan fingerprint density at radius 2 is 2.00 bits per heavy atom. The molecule has 3 nitrogen and oxygen atoms in total. The second-order valence-corrected chi connectivity index (χ2v) is 5.13. The number of aliphatic hydroxyl groups is 1. The molecule has 0 aromatic heterocycles. The molecule has 1 unspecified atom stereocenters. The molecule has 96 valence electrons. The van der Waals surface area contributed by atoms with Crippen molar-refractivity contribution in [3.05, 3.63) is 0 Å². The highest BCUT2D eigenvalue weighted by Gasteiger charge is 2.35. The lowest BCUT2D eigenvalue weighted by Crippen LogP contribution is -2.43. The summed E-state index contributed by atoms with van der Waals surface area (Å²) in [6, 6.07) is 0.245. The molecule has 0 spiro atoms. The van der Waals surface area contributed by atoms with Gasteiger partial charge in [-0.1, -0.05) is 20.8 Å². The molecule has 3 heteroatoms. The first-order chi connectivity index (χ1) is 7.69. The molecule has 1 heterocycles. The van der Waals surface area contributed by atoms with E-state index in [0.29, 0.717) is 5.41 Å². The Morgan fingerprint density at radius 3 is 2.44 bits per heavy atom. The van der Waals surface area contributed by atoms with Crippen molar-refractivity contribution >= 4 is 0 Å². The molecule has 0 aromatic carbocycles. The van der Waals surface area contributed by atoms with Gasteiger partial charge in [0.2, 0.25) is 0 Å². The first-order valence-corrected chi connectivity index (χ1v) is 6.76. The number of hydrogen-bond acceptors (Lipinski definition) is 3. The molecule has 1 fully saturated rings. The minimum Gasteiger partial charge on any atom is -0.395 e. The monoisotopic (exact) mass is 228 g/mol. The van der Waals surface area contributed by atoms with Crippen LogP contribution in [0, 0.1) is 5.41 Å². The van der Waals surface area contributed by atoms with Crippen LogP contribution in [0.4, 0.5) is 0 Å². The van der Waals surface area contributed by atoms with Crippen LogP contribution < -0.4 is 5.32 Å². The van der Waals surface area contributed by atoms with Gasteiger partial charge in [0.1, 0.15) is 0 Å². The fraction of sp³-hybridized carbons (Fsp3) is 1.00. The lowest BCUT2D eigenvalue weighted by molar-refractivity contribution is 0.182. The lowest BCUT2D eigenvalue weighted by atomic mass is 9.82. The number of rotatable bonds is 7. The predicted octanol–water partition coefficient (Wildman–Crippen LogP) is 1.47. The van der Waals surface area contributed by atoms with E-state index < -0.39 is 0 Å². The van der Waals surface area contributed by atoms with Crippen LogP contribution in [-0.4, -0.2) is 48.8 Å². The Bertz CT molecular complexity index is 192. The van der Waals surface area contributed by atoms with Crippen molar-refractivity contribution in [2.45, 2.75) is 46.1 Å². The molecule has 0 aliphatic carbocycles. The Kier molecular flexibility index (Phi) is 5.73. The van der Waals surface area contributed by atoms with Gasteiger partial charge in [-0.25, -0.2) is 0 Å². The summed E-state index contributed by atoms with van der Waals surface area (Å²) in [5, 5.41) is 12.6. The number of aliphatic hydroxyl groups excluding tert-OH is 1. The van der Waals surface area contributed by atoms with E-state index >= 15 is 0 Å². The zero-order valence-electron chi connectivity index (χ0n) is 11.1. The zero-order valence-corrected chi connectivity index (χ0v) is 11.1. The summed E-state index contributed by atoms with van der Waals surface area (Å²) in [7, 11) is 0. The van der Waals surface area contributed by atoms with E-state index in [2.05, 4.69) is 31.0 Å². The second-order valence-electron chi connectivity index (χ2n) is 5.13. The van der Waals surface area contributed by atoms with E-state index in [4.69, 9.17) is 0 Å². The normalized spacial score (nSPS) is 22.5. The van der Waals surface area contributed by atoms with Crippen molar-refractivity contribution in [3.8, 4) is 0 Å². The summed E-state index contributed by atoms with van der Waals surface area (Å²) >= 11 is 0. The average molecular weight is 228 g/mol. The smallest absolute Gasteiger partial charge is 0.0597 e. The Morgan fingerprint density at radius 1 is 1.31 bits per heavy atom. The fourth-order valence-electron chi connectivity index (χ4n) is 2.80. The summed E-state index contributed by atoms with van der Waals surface area (Å²) in [6.07, 6.45) is 3.89. The van der Waals surface area contributed by atoms with Crippen molar-refractivity contribution < 1.29 is 5.11 Å². The van der Waals surface area contributed by atoms with Gasteiger partial charge in [0, 0.05) is 19.1 Å². The molecule has 1 saturated heterocycles. The highest BCUT2D eigenvalue weighted by Crippen LogP contribution is 2.36. The van der Waals surface area contributed by atoms with Gasteiger partial charge >= 0.3 is 0 Å². The average Bonchev–Trinajstić information content (AvgIpc) is 2.73. The fourth-order valence-corrected chi connectivity index (χ4v) is 2.80. The van der Waals surface area contributed by atoms with Crippen LogP contribution in [0.3, 0.4) is 0 Å². The van der Waals surface area contributed by atoms with Gasteiger partial charge in [-0.3, -0.25) is 0 Å². The number of likely N-dealkylation sites (N-methyl/N-ethyl adjacent to an activating group) is 1. The maximum absolute atomic E-state index is 9.27. The quantitative estimate of drug-likeness (QED) is 0.692. The molecule has 2 N–H and O–H groups in total. The van der Waals surface area contributed by atoms with Gasteiger partial charge < -0.3 is 15.3 Å². The first-order valence-electron chi connectivity index (χ1n) is 6.76. The third kappa shape index (κ3) is 3.44. The van der Waals surface area contributed by atoms with E-state index in [9.17, 15) is 5.11 Å². The molecule has 1 atom stereocenters. The zero-order chi connectivity index (χ0) is 12.0. The van der Waals surface area contributed by atoms with Gasteiger partial charge in [0.15, 0.2) is 0 Å². The summed E-state index contributed by atoms with van der Waals surface area (Å²) in [5.74, 6) is 0. The van der Waals surface area contributed by atoms with E-state index in [1.54, 1.807) is 0 Å². The van der Waals surface area contributed by atoms with Crippen LogP contribution in [0.1, 0.15) is 40.0 Å². The molecule has 1 rings (SSSR count). The number of nitrogens with one attached hydrogen (secondary N) is 1. The Balaban J connectivity index is 2.40. The largest absolute Gasteiger partial charge is 0.395 e. The molecule has 1 aliphatic rings. The Labute approximate surface area is 100 Å². The van der Waals surface area contributed by atoms with Crippen LogP contribution in [-0.2, 0) is 0 Å². The van der Waals surface area contributed by atoms with Gasteiger partial charge in [0.05, 0.1) is 6.61 Å². The summed E-state index contributed by atoms with van der Waals surface area (Å²) in [6.45, 7) is 11.3. The van der Waals surface area contributed by atoms with Crippen LogP contribution in [0.15, 0.2) is 0 Å². The molecular formula is C13H28N2O. The summed E-state index contributed by atoms with van der Waals surface area (Å²) < 4.78 is 0. The number of hydrogen-bond donors (Lipinski definition) is 2. The van der Waals surface area contributed by atoms with Crippen molar-refractivity contribution in [1.82, 2.24) is 10.2 Å². The first kappa shape index (κ1) is 13.9. The molecule has 0 radical (unpaired) electrons. The molecule has 1 aliphatic heterocycles. The topological polar surface area (TPSA) is 35.5 Å². The van der Waals surface area contributed by atoms with Gasteiger partial charge in [-0.05, 0) is 37.8 Å². The van der Waals surface area contributed by atoms with Gasteiger partial charge in [-0.15, -0.1) is 0 Å². The maximum atomic E-state index is 9.27. The van der Waals surface area contributed by atoms with E-state index in [0.717, 1.165) is 13.1 Å². The van der Waals surface area contributed by atoms with Crippen molar-refractivity contribution in [2.24, 2.45) is 5.41 Å². The van der Waals surface area contributed by atoms with Gasteiger partial charge in [0.25, 0.3) is 0 Å². The molecule has 0 aromatic rings. The maximum Gasteiger partial charge on any atom is 0.0597 e. The summed E-state index contributed by atoms with van der Waals surface area (Å²) in [4.78, 5) is 2.51. The third-order valence-electron chi connectivity index (χ3n) is 4.21. The molecule has 0 amide bonds. The molecular weight excluding hydrogens is 200 g/mol. The van der Waals surface area contributed by atoms with Gasteiger partial charge in [-0.2, -0.15) is 0 Å². The summed E-state index contributed by atoms with van der Waals surface area (Å²) in [5.41, 5.74) is 0.548.